The fraction of sp³-hybridized carbons (Fsp3) is 0.174. The van der Waals surface area contributed by atoms with Gasteiger partial charge in [-0.3, -0.25) is 0 Å². The van der Waals surface area contributed by atoms with E-state index in [-0.39, 0.29) is 5.54 Å². The van der Waals surface area contributed by atoms with Crippen LogP contribution in [0.1, 0.15) is 26.5 Å². The summed E-state index contributed by atoms with van der Waals surface area (Å²) in [6, 6.07) is 11.8. The molecule has 1 N–H and O–H groups in total. The SMILES string of the molecule is CC(C)(C)n1cnc2ccc(-c3c[nH]c4ncc(-c5ccnc(C#N)c5)nc34)cc21. The molecule has 0 spiro atoms. The van der Waals surface area contributed by atoms with E-state index in [4.69, 9.17) is 10.2 Å². The number of nitrogens with one attached hydrogen (secondary N) is 1. The highest BCUT2D eigenvalue weighted by Gasteiger charge is 2.18. The summed E-state index contributed by atoms with van der Waals surface area (Å²) >= 11 is 0. The number of fused-ring (bicyclic) bond motifs is 2. The van der Waals surface area contributed by atoms with Gasteiger partial charge in [-0.15, -0.1) is 0 Å². The summed E-state index contributed by atoms with van der Waals surface area (Å²) in [5, 5.41) is 9.13. The van der Waals surface area contributed by atoms with Crippen LogP contribution in [-0.2, 0) is 5.54 Å². The fourth-order valence-electron chi connectivity index (χ4n) is 3.61. The maximum atomic E-state index is 9.13. The van der Waals surface area contributed by atoms with Gasteiger partial charge in [-0.1, -0.05) is 6.07 Å². The van der Waals surface area contributed by atoms with Crippen molar-refractivity contribution in [3.63, 3.8) is 0 Å². The maximum Gasteiger partial charge on any atom is 0.156 e. The van der Waals surface area contributed by atoms with Crippen molar-refractivity contribution < 1.29 is 0 Å². The summed E-state index contributed by atoms with van der Waals surface area (Å²) in [4.78, 5) is 21.1. The Balaban J connectivity index is 1.67. The second-order valence-corrected chi connectivity index (χ2v) is 8.19. The molecule has 0 unspecified atom stereocenters. The highest BCUT2D eigenvalue weighted by atomic mass is 15.1. The minimum Gasteiger partial charge on any atom is -0.344 e. The molecule has 0 fully saturated rings. The van der Waals surface area contributed by atoms with Crippen LogP contribution in [0.2, 0.25) is 0 Å². The van der Waals surface area contributed by atoms with Gasteiger partial charge in [-0.05, 0) is 50.6 Å². The first-order valence-electron chi connectivity index (χ1n) is 9.63. The van der Waals surface area contributed by atoms with Crippen molar-refractivity contribution in [3.05, 3.63) is 60.9 Å². The molecule has 146 valence electrons. The van der Waals surface area contributed by atoms with Gasteiger partial charge in [0.25, 0.3) is 0 Å². The van der Waals surface area contributed by atoms with Crippen LogP contribution in [0, 0.1) is 11.3 Å². The highest BCUT2D eigenvalue weighted by molar-refractivity contribution is 5.94. The Morgan fingerprint density at radius 1 is 1.03 bits per heavy atom. The second-order valence-electron chi connectivity index (χ2n) is 8.19. The van der Waals surface area contributed by atoms with E-state index >= 15 is 0 Å². The van der Waals surface area contributed by atoms with Crippen LogP contribution < -0.4 is 0 Å². The van der Waals surface area contributed by atoms with Gasteiger partial charge in [0.1, 0.15) is 17.3 Å². The van der Waals surface area contributed by atoms with Crippen molar-refractivity contribution in [3.8, 4) is 28.5 Å². The third kappa shape index (κ3) is 2.90. The Kier molecular flexibility index (Phi) is 3.90. The molecule has 0 bridgehead atoms. The van der Waals surface area contributed by atoms with Crippen LogP contribution in [0.5, 0.6) is 0 Å². The number of pyridine rings is 1. The highest BCUT2D eigenvalue weighted by Crippen LogP contribution is 2.31. The zero-order valence-corrected chi connectivity index (χ0v) is 16.9. The molecule has 0 aliphatic heterocycles. The van der Waals surface area contributed by atoms with Crippen LogP contribution in [0.4, 0.5) is 0 Å². The quantitative estimate of drug-likeness (QED) is 0.470. The molecule has 7 nitrogen and oxygen atoms in total. The topological polar surface area (TPSA) is 96.1 Å². The number of benzene rings is 1. The first-order valence-corrected chi connectivity index (χ1v) is 9.63. The lowest BCUT2D eigenvalue weighted by Crippen LogP contribution is -2.20. The van der Waals surface area contributed by atoms with Gasteiger partial charge in [-0.2, -0.15) is 5.26 Å². The molecule has 0 amide bonds. The van der Waals surface area contributed by atoms with E-state index in [1.165, 1.54) is 0 Å². The number of nitrogens with zero attached hydrogens (tertiary/aromatic N) is 6. The summed E-state index contributed by atoms with van der Waals surface area (Å²) in [6.45, 7) is 6.48. The van der Waals surface area contributed by atoms with Gasteiger partial charge >= 0.3 is 0 Å². The van der Waals surface area contributed by atoms with Gasteiger partial charge in [0, 0.05) is 29.1 Å². The van der Waals surface area contributed by atoms with E-state index in [1.54, 1.807) is 18.5 Å². The van der Waals surface area contributed by atoms with Gasteiger partial charge in [0.05, 0.1) is 29.3 Å². The van der Waals surface area contributed by atoms with Crippen molar-refractivity contribution in [2.75, 3.05) is 0 Å². The fourth-order valence-corrected chi connectivity index (χ4v) is 3.61. The van der Waals surface area contributed by atoms with Crippen molar-refractivity contribution in [1.82, 2.24) is 29.5 Å². The minimum absolute atomic E-state index is 0.0691. The number of aromatic nitrogens is 6. The van der Waals surface area contributed by atoms with Crippen LogP contribution in [0.15, 0.2) is 55.2 Å². The number of aromatic amines is 1. The largest absolute Gasteiger partial charge is 0.344 e. The lowest BCUT2D eigenvalue weighted by molar-refractivity contribution is 0.408. The number of H-pyrrole nitrogens is 1. The van der Waals surface area contributed by atoms with E-state index in [1.807, 2.05) is 24.7 Å². The lowest BCUT2D eigenvalue weighted by Gasteiger charge is -2.21. The van der Waals surface area contributed by atoms with Crippen molar-refractivity contribution in [2.24, 2.45) is 0 Å². The molecule has 4 heterocycles. The number of hydrogen-bond acceptors (Lipinski definition) is 5. The molecule has 5 aromatic rings. The average Bonchev–Trinajstić information content (AvgIpc) is 3.36. The first kappa shape index (κ1) is 18.0. The molecule has 30 heavy (non-hydrogen) atoms. The van der Waals surface area contributed by atoms with Crippen LogP contribution in [-0.4, -0.2) is 29.5 Å². The predicted octanol–water partition coefficient (Wildman–Crippen LogP) is 4.66. The summed E-state index contributed by atoms with van der Waals surface area (Å²) in [6.07, 6.45) is 7.13. The van der Waals surface area contributed by atoms with Crippen LogP contribution >= 0.6 is 0 Å². The lowest BCUT2D eigenvalue weighted by atomic mass is 10.1. The smallest absolute Gasteiger partial charge is 0.156 e. The Morgan fingerprint density at radius 3 is 2.70 bits per heavy atom. The van der Waals surface area contributed by atoms with E-state index < -0.39 is 0 Å². The predicted molar refractivity (Wildman–Crippen MR) is 116 cm³/mol. The Bertz CT molecular complexity index is 1440. The molecule has 7 heteroatoms. The number of rotatable bonds is 2. The number of hydrogen-bond donors (Lipinski definition) is 1. The Labute approximate surface area is 173 Å². The molecular formula is C23H19N7. The second kappa shape index (κ2) is 6.49. The average molecular weight is 393 g/mol. The molecule has 0 radical (unpaired) electrons. The summed E-state index contributed by atoms with van der Waals surface area (Å²) < 4.78 is 2.18. The summed E-state index contributed by atoms with van der Waals surface area (Å²) in [5.74, 6) is 0. The molecule has 5 rings (SSSR count). The molecule has 0 atom stereocenters. The third-order valence-corrected chi connectivity index (χ3v) is 5.13. The zero-order valence-electron chi connectivity index (χ0n) is 16.9. The zero-order chi connectivity index (χ0) is 20.9. The van der Waals surface area contributed by atoms with Gasteiger partial charge < -0.3 is 9.55 Å². The van der Waals surface area contributed by atoms with E-state index in [0.717, 1.165) is 33.2 Å². The minimum atomic E-state index is -0.0691. The Morgan fingerprint density at radius 2 is 1.90 bits per heavy atom. The third-order valence-electron chi connectivity index (χ3n) is 5.13. The molecule has 4 aromatic heterocycles. The summed E-state index contributed by atoms with van der Waals surface area (Å²) in [5.41, 5.74) is 7.33. The van der Waals surface area contributed by atoms with E-state index in [9.17, 15) is 0 Å². The van der Waals surface area contributed by atoms with E-state index in [0.29, 0.717) is 17.0 Å². The first-order chi connectivity index (χ1) is 14.4. The standard InChI is InChI=1S/C23H19N7/c1-23(2,3)30-13-28-18-5-4-14(9-20(18)30)17-11-26-22-21(17)29-19(12-27-22)15-6-7-25-16(8-15)10-24/h4-9,11-13H,1-3H3,(H,26,27). The Hall–Kier alpha value is -4.05. The molecule has 0 saturated heterocycles. The van der Waals surface area contributed by atoms with Crippen molar-refractivity contribution in [2.45, 2.75) is 26.3 Å². The number of imidazole rings is 1. The molecular weight excluding hydrogens is 374 g/mol. The molecule has 0 aliphatic carbocycles. The van der Waals surface area contributed by atoms with Crippen molar-refractivity contribution in [1.29, 1.82) is 5.26 Å². The van der Waals surface area contributed by atoms with Gasteiger partial charge in [0.2, 0.25) is 0 Å². The van der Waals surface area contributed by atoms with Gasteiger partial charge in [-0.25, -0.2) is 19.9 Å². The van der Waals surface area contributed by atoms with Crippen LogP contribution in [0.3, 0.4) is 0 Å². The molecule has 1 aromatic carbocycles. The molecule has 0 saturated carbocycles. The number of nitriles is 1. The molecule has 0 aliphatic rings. The van der Waals surface area contributed by atoms with E-state index in [2.05, 4.69) is 63.5 Å². The van der Waals surface area contributed by atoms with Crippen LogP contribution in [0.25, 0.3) is 44.6 Å². The van der Waals surface area contributed by atoms with Gasteiger partial charge in [0.15, 0.2) is 5.65 Å². The monoisotopic (exact) mass is 393 g/mol. The maximum absolute atomic E-state index is 9.13. The van der Waals surface area contributed by atoms with Crippen molar-refractivity contribution >= 4 is 22.2 Å². The normalized spacial score (nSPS) is 11.8. The summed E-state index contributed by atoms with van der Waals surface area (Å²) in [7, 11) is 0.